The summed E-state index contributed by atoms with van der Waals surface area (Å²) in [6.45, 7) is 2.55. The number of likely N-dealkylation sites (tertiary alicyclic amines) is 1. The van der Waals surface area contributed by atoms with Gasteiger partial charge in [0.2, 0.25) is 5.91 Å². The molecule has 0 aromatic carbocycles. The molecule has 2 N–H and O–H groups in total. The van der Waals surface area contributed by atoms with Gasteiger partial charge in [-0.05, 0) is 18.8 Å². The summed E-state index contributed by atoms with van der Waals surface area (Å²) in [5, 5.41) is 0. The smallest absolute Gasteiger partial charge is 0.241 e. The van der Waals surface area contributed by atoms with Crippen LogP contribution < -0.4 is 5.73 Å². The van der Waals surface area contributed by atoms with Crippen molar-refractivity contribution in [3.63, 3.8) is 0 Å². The van der Waals surface area contributed by atoms with Crippen LogP contribution in [0.3, 0.4) is 0 Å². The molecule has 0 saturated carbocycles. The fourth-order valence-corrected chi connectivity index (χ4v) is 2.12. The molecule has 0 bridgehead atoms. The van der Waals surface area contributed by atoms with Crippen molar-refractivity contribution >= 4 is 5.91 Å². The lowest BCUT2D eigenvalue weighted by Crippen LogP contribution is -2.50. The topological polar surface area (TPSA) is 64.8 Å². The van der Waals surface area contributed by atoms with Gasteiger partial charge in [0.25, 0.3) is 0 Å². The van der Waals surface area contributed by atoms with Crippen LogP contribution in [-0.2, 0) is 14.3 Å². The number of amides is 1. The number of hydrogen-bond acceptors (Lipinski definition) is 4. The molecule has 1 heterocycles. The number of rotatable bonds is 5. The van der Waals surface area contributed by atoms with Gasteiger partial charge in [-0.3, -0.25) is 4.79 Å². The van der Waals surface area contributed by atoms with Gasteiger partial charge in [-0.25, -0.2) is 0 Å². The molecule has 16 heavy (non-hydrogen) atoms. The van der Waals surface area contributed by atoms with Gasteiger partial charge in [0.1, 0.15) is 6.04 Å². The van der Waals surface area contributed by atoms with E-state index >= 15 is 0 Å². The average molecular weight is 230 g/mol. The molecular formula is C11H22N2O3. The van der Waals surface area contributed by atoms with Crippen molar-refractivity contribution in [2.24, 2.45) is 11.7 Å². The second-order valence-corrected chi connectivity index (χ2v) is 4.31. The molecule has 0 aromatic rings. The maximum absolute atomic E-state index is 11.9. The van der Waals surface area contributed by atoms with E-state index in [0.29, 0.717) is 12.5 Å². The Hall–Kier alpha value is -0.650. The standard InChI is InChI=1S/C11H22N2O3/c1-15-7-9-4-3-5-13(6-9)11(14)10(12)8-16-2/h9-10H,3-8,12H2,1-2H3. The van der Waals surface area contributed by atoms with Crippen molar-refractivity contribution in [1.29, 1.82) is 0 Å². The Morgan fingerprint density at radius 1 is 1.50 bits per heavy atom. The predicted molar refractivity (Wildman–Crippen MR) is 61.0 cm³/mol. The first-order valence-corrected chi connectivity index (χ1v) is 5.71. The van der Waals surface area contributed by atoms with Gasteiger partial charge >= 0.3 is 0 Å². The normalized spacial score (nSPS) is 23.2. The third-order valence-corrected chi connectivity index (χ3v) is 2.90. The van der Waals surface area contributed by atoms with Gasteiger partial charge in [-0.1, -0.05) is 0 Å². The van der Waals surface area contributed by atoms with Crippen molar-refractivity contribution in [3.8, 4) is 0 Å². The number of carbonyl (C=O) groups excluding carboxylic acids is 1. The molecule has 1 aliphatic heterocycles. The first-order valence-electron chi connectivity index (χ1n) is 5.71. The van der Waals surface area contributed by atoms with E-state index in [1.807, 2.05) is 4.90 Å². The molecule has 0 spiro atoms. The number of piperidine rings is 1. The van der Waals surface area contributed by atoms with Crippen molar-refractivity contribution in [2.75, 3.05) is 40.5 Å². The second-order valence-electron chi connectivity index (χ2n) is 4.31. The van der Waals surface area contributed by atoms with Crippen LogP contribution in [0.25, 0.3) is 0 Å². The quantitative estimate of drug-likeness (QED) is 0.713. The third-order valence-electron chi connectivity index (χ3n) is 2.90. The highest BCUT2D eigenvalue weighted by atomic mass is 16.5. The zero-order chi connectivity index (χ0) is 12.0. The molecule has 0 aliphatic carbocycles. The van der Waals surface area contributed by atoms with E-state index < -0.39 is 6.04 Å². The van der Waals surface area contributed by atoms with Crippen LogP contribution in [0, 0.1) is 5.92 Å². The SMILES string of the molecule is COCC1CCCN(C(=O)C(N)COC)C1. The molecule has 1 saturated heterocycles. The zero-order valence-corrected chi connectivity index (χ0v) is 10.1. The highest BCUT2D eigenvalue weighted by Gasteiger charge is 2.26. The van der Waals surface area contributed by atoms with Gasteiger partial charge in [-0.15, -0.1) is 0 Å². The Kier molecular flexibility index (Phi) is 5.73. The summed E-state index contributed by atoms with van der Waals surface area (Å²) in [6.07, 6.45) is 2.15. The first-order chi connectivity index (χ1) is 7.69. The zero-order valence-electron chi connectivity index (χ0n) is 10.1. The number of ether oxygens (including phenoxy) is 2. The van der Waals surface area contributed by atoms with Crippen LogP contribution in [0.15, 0.2) is 0 Å². The fraction of sp³-hybridized carbons (Fsp3) is 0.909. The molecule has 5 nitrogen and oxygen atoms in total. The number of carbonyl (C=O) groups is 1. The van der Waals surface area contributed by atoms with Crippen LogP contribution in [-0.4, -0.2) is 57.4 Å². The van der Waals surface area contributed by atoms with Gasteiger partial charge < -0.3 is 20.1 Å². The monoisotopic (exact) mass is 230 g/mol. The molecule has 1 aliphatic rings. The summed E-state index contributed by atoms with van der Waals surface area (Å²) in [5.41, 5.74) is 5.73. The molecule has 2 unspecified atom stereocenters. The van der Waals surface area contributed by atoms with Crippen LogP contribution >= 0.6 is 0 Å². The largest absolute Gasteiger partial charge is 0.384 e. The van der Waals surface area contributed by atoms with Gasteiger partial charge in [0.15, 0.2) is 0 Å². The van der Waals surface area contributed by atoms with Gasteiger partial charge in [-0.2, -0.15) is 0 Å². The number of hydrogen-bond donors (Lipinski definition) is 1. The molecule has 5 heteroatoms. The summed E-state index contributed by atoms with van der Waals surface area (Å²) in [6, 6.07) is -0.536. The highest BCUT2D eigenvalue weighted by molar-refractivity contribution is 5.81. The Morgan fingerprint density at radius 3 is 2.88 bits per heavy atom. The summed E-state index contributed by atoms with van der Waals surface area (Å²) < 4.78 is 10.0. The molecule has 1 fully saturated rings. The molecule has 1 amide bonds. The summed E-state index contributed by atoms with van der Waals surface area (Å²) in [4.78, 5) is 13.7. The van der Waals surface area contributed by atoms with E-state index in [1.54, 1.807) is 14.2 Å². The summed E-state index contributed by atoms with van der Waals surface area (Å²) >= 11 is 0. The van der Waals surface area contributed by atoms with E-state index in [0.717, 1.165) is 25.9 Å². The lowest BCUT2D eigenvalue weighted by atomic mass is 9.98. The Balaban J connectivity index is 2.43. The van der Waals surface area contributed by atoms with Crippen LogP contribution in [0.4, 0.5) is 0 Å². The highest BCUT2D eigenvalue weighted by Crippen LogP contribution is 2.17. The van der Waals surface area contributed by atoms with E-state index in [1.165, 1.54) is 0 Å². The predicted octanol–water partition coefficient (Wildman–Crippen LogP) is -0.155. The maximum Gasteiger partial charge on any atom is 0.241 e. The molecule has 0 radical (unpaired) electrons. The minimum atomic E-state index is -0.536. The van der Waals surface area contributed by atoms with Gasteiger partial charge in [0, 0.05) is 27.3 Å². The molecule has 1 rings (SSSR count). The molecule has 0 aromatic heterocycles. The maximum atomic E-state index is 11.9. The molecular weight excluding hydrogens is 208 g/mol. The minimum absolute atomic E-state index is 0.0114. The van der Waals surface area contributed by atoms with Crippen LogP contribution in [0.1, 0.15) is 12.8 Å². The van der Waals surface area contributed by atoms with Crippen molar-refractivity contribution in [1.82, 2.24) is 4.90 Å². The Labute approximate surface area is 96.9 Å². The minimum Gasteiger partial charge on any atom is -0.384 e. The Morgan fingerprint density at radius 2 is 2.25 bits per heavy atom. The van der Waals surface area contributed by atoms with Crippen molar-refractivity contribution in [3.05, 3.63) is 0 Å². The van der Waals surface area contributed by atoms with Crippen molar-refractivity contribution in [2.45, 2.75) is 18.9 Å². The molecule has 94 valence electrons. The second kappa shape index (κ2) is 6.83. The third kappa shape index (κ3) is 3.73. The fourth-order valence-electron chi connectivity index (χ4n) is 2.12. The van der Waals surface area contributed by atoms with E-state index in [9.17, 15) is 4.79 Å². The Bertz CT molecular complexity index is 221. The van der Waals surface area contributed by atoms with E-state index in [-0.39, 0.29) is 12.5 Å². The van der Waals surface area contributed by atoms with Crippen LogP contribution in [0.5, 0.6) is 0 Å². The average Bonchev–Trinajstić information content (AvgIpc) is 2.29. The lowest BCUT2D eigenvalue weighted by molar-refractivity contribution is -0.136. The molecule has 2 atom stereocenters. The van der Waals surface area contributed by atoms with E-state index in [2.05, 4.69) is 0 Å². The van der Waals surface area contributed by atoms with E-state index in [4.69, 9.17) is 15.2 Å². The number of methoxy groups -OCH3 is 2. The number of nitrogens with zero attached hydrogens (tertiary/aromatic N) is 1. The van der Waals surface area contributed by atoms with Gasteiger partial charge in [0.05, 0.1) is 13.2 Å². The summed E-state index contributed by atoms with van der Waals surface area (Å²) in [5.74, 6) is 0.431. The first kappa shape index (κ1) is 13.4. The number of nitrogens with two attached hydrogens (primary N) is 1. The summed E-state index contributed by atoms with van der Waals surface area (Å²) in [7, 11) is 3.24. The lowest BCUT2D eigenvalue weighted by Gasteiger charge is -2.33. The van der Waals surface area contributed by atoms with Crippen molar-refractivity contribution < 1.29 is 14.3 Å². The van der Waals surface area contributed by atoms with Crippen LogP contribution in [0.2, 0.25) is 0 Å².